The maximum Gasteiger partial charge on any atom is 0.220 e. The highest BCUT2D eigenvalue weighted by Gasteiger charge is 2.44. The van der Waals surface area contributed by atoms with Crippen molar-refractivity contribution in [3.05, 3.63) is 48.6 Å². The lowest BCUT2D eigenvalue weighted by Crippen LogP contribution is -2.60. The van der Waals surface area contributed by atoms with Crippen molar-refractivity contribution in [3.8, 4) is 0 Å². The molecule has 0 aromatic heterocycles. The number of allylic oxidation sites excluding steroid dienone is 7. The fourth-order valence-electron chi connectivity index (χ4n) is 6.40. The van der Waals surface area contributed by atoms with E-state index in [0.717, 1.165) is 64.2 Å². The van der Waals surface area contributed by atoms with Crippen molar-refractivity contribution in [1.29, 1.82) is 0 Å². The van der Waals surface area contributed by atoms with Gasteiger partial charge in [-0.05, 0) is 57.8 Å². The van der Waals surface area contributed by atoms with E-state index in [-0.39, 0.29) is 12.5 Å². The van der Waals surface area contributed by atoms with Gasteiger partial charge in [-0.3, -0.25) is 4.79 Å². The molecular weight excluding hydrogens is 670 g/mol. The highest BCUT2D eigenvalue weighted by atomic mass is 16.7. The Morgan fingerprint density at radius 3 is 1.64 bits per heavy atom. The molecule has 0 radical (unpaired) electrons. The Hall–Kier alpha value is -1.85. The zero-order valence-corrected chi connectivity index (χ0v) is 33.5. The van der Waals surface area contributed by atoms with Crippen LogP contribution in [0.3, 0.4) is 0 Å². The summed E-state index contributed by atoms with van der Waals surface area (Å²) in [6.07, 6.45) is 36.1. The highest BCUT2D eigenvalue weighted by molar-refractivity contribution is 5.76. The van der Waals surface area contributed by atoms with Gasteiger partial charge in [0, 0.05) is 6.42 Å². The van der Waals surface area contributed by atoms with E-state index in [1.165, 1.54) is 83.5 Å². The third-order valence-electron chi connectivity index (χ3n) is 9.90. The summed E-state index contributed by atoms with van der Waals surface area (Å²) < 4.78 is 11.1. The van der Waals surface area contributed by atoms with Crippen LogP contribution in [0.5, 0.6) is 0 Å². The summed E-state index contributed by atoms with van der Waals surface area (Å²) in [4.78, 5) is 12.9. The topological polar surface area (TPSA) is 149 Å². The van der Waals surface area contributed by atoms with Crippen molar-refractivity contribution in [3.63, 3.8) is 0 Å². The lowest BCUT2D eigenvalue weighted by Gasteiger charge is -2.40. The molecule has 7 atom stereocenters. The molecule has 0 aliphatic carbocycles. The van der Waals surface area contributed by atoms with Gasteiger partial charge >= 0.3 is 0 Å². The van der Waals surface area contributed by atoms with Gasteiger partial charge in [0.15, 0.2) is 6.29 Å². The van der Waals surface area contributed by atoms with Crippen molar-refractivity contribution in [2.24, 2.45) is 0 Å². The lowest BCUT2D eigenvalue weighted by molar-refractivity contribution is -0.302. The number of carbonyl (C=O) groups excluding carboxylic acids is 1. The molecule has 53 heavy (non-hydrogen) atoms. The van der Waals surface area contributed by atoms with Crippen LogP contribution in [-0.4, -0.2) is 87.5 Å². The van der Waals surface area contributed by atoms with Gasteiger partial charge in [0.25, 0.3) is 0 Å². The van der Waals surface area contributed by atoms with Crippen molar-refractivity contribution in [1.82, 2.24) is 5.32 Å². The molecule has 0 aromatic carbocycles. The van der Waals surface area contributed by atoms with Crippen LogP contribution in [-0.2, 0) is 14.3 Å². The average Bonchev–Trinajstić information content (AvgIpc) is 3.16. The molecule has 6 N–H and O–H groups in total. The van der Waals surface area contributed by atoms with Crippen molar-refractivity contribution < 1.29 is 39.8 Å². The quantitative estimate of drug-likeness (QED) is 0.0285. The molecule has 1 saturated heterocycles. The van der Waals surface area contributed by atoms with Crippen LogP contribution in [0.2, 0.25) is 0 Å². The predicted molar refractivity (Wildman–Crippen MR) is 216 cm³/mol. The van der Waals surface area contributed by atoms with Gasteiger partial charge in [-0.25, -0.2) is 0 Å². The molecule has 0 aromatic rings. The second-order valence-corrected chi connectivity index (χ2v) is 14.8. The van der Waals surface area contributed by atoms with Gasteiger partial charge in [-0.15, -0.1) is 0 Å². The van der Waals surface area contributed by atoms with E-state index in [9.17, 15) is 30.3 Å². The molecule has 1 fully saturated rings. The van der Waals surface area contributed by atoms with E-state index in [1.54, 1.807) is 6.08 Å². The molecule has 1 aliphatic heterocycles. The second kappa shape index (κ2) is 34.6. The van der Waals surface area contributed by atoms with Crippen LogP contribution < -0.4 is 5.32 Å². The highest BCUT2D eigenvalue weighted by Crippen LogP contribution is 2.22. The van der Waals surface area contributed by atoms with Crippen LogP contribution in [0, 0.1) is 0 Å². The molecule has 1 aliphatic rings. The molecule has 0 bridgehead atoms. The average molecular weight is 750 g/mol. The standard InChI is InChI=1S/C44H79NO8/c1-3-5-7-9-11-12-13-14-15-16-17-18-19-20-21-22-23-24-25-26-28-30-32-34-40(48)45-37(38(47)33-31-29-27-10-8-6-4-2)36-52-44-43(51)42(50)41(49)39(35-46)53-44/h13-14,16-17,19-20,31,33,37-39,41-44,46-47,49-51H,3-12,15,18,21-30,32,34-36H2,1-2H3,(H,45,48)/b14-13-,17-16-,20-19-,33-31+. The summed E-state index contributed by atoms with van der Waals surface area (Å²) in [5.74, 6) is -0.191. The van der Waals surface area contributed by atoms with E-state index in [4.69, 9.17) is 9.47 Å². The fraction of sp³-hybridized carbons (Fsp3) is 0.795. The minimum Gasteiger partial charge on any atom is -0.394 e. The Labute approximate surface area is 323 Å². The largest absolute Gasteiger partial charge is 0.394 e. The number of hydrogen-bond acceptors (Lipinski definition) is 8. The Kier molecular flexibility index (Phi) is 32.1. The molecule has 1 heterocycles. The predicted octanol–water partition coefficient (Wildman–Crippen LogP) is 8.28. The molecule has 1 amide bonds. The first-order valence-corrected chi connectivity index (χ1v) is 21.4. The SMILES string of the molecule is CCCCCCC/C=C\C/C=C\C/C=C\CCCCCCCCCCC(=O)NC(COC1OC(CO)C(O)C(O)C1O)C(O)/C=C/CCCCCCC. The summed E-state index contributed by atoms with van der Waals surface area (Å²) in [7, 11) is 0. The summed E-state index contributed by atoms with van der Waals surface area (Å²) in [6.45, 7) is 3.67. The smallest absolute Gasteiger partial charge is 0.220 e. The number of unbranched alkanes of at least 4 members (excludes halogenated alkanes) is 18. The minimum absolute atomic E-state index is 0.191. The van der Waals surface area contributed by atoms with Gasteiger partial charge in [0.1, 0.15) is 24.4 Å². The van der Waals surface area contributed by atoms with E-state index in [0.29, 0.717) is 6.42 Å². The number of aliphatic hydroxyl groups excluding tert-OH is 5. The summed E-state index contributed by atoms with van der Waals surface area (Å²) in [6, 6.07) is -0.806. The van der Waals surface area contributed by atoms with Crippen LogP contribution >= 0.6 is 0 Å². The van der Waals surface area contributed by atoms with Crippen LogP contribution in [0.25, 0.3) is 0 Å². The van der Waals surface area contributed by atoms with Gasteiger partial charge < -0.3 is 40.3 Å². The number of aliphatic hydroxyl groups is 5. The monoisotopic (exact) mass is 750 g/mol. The number of nitrogens with one attached hydrogen (secondary N) is 1. The molecular formula is C44H79NO8. The van der Waals surface area contributed by atoms with E-state index in [1.807, 2.05) is 6.08 Å². The number of amides is 1. The third kappa shape index (κ3) is 25.8. The van der Waals surface area contributed by atoms with E-state index >= 15 is 0 Å². The van der Waals surface area contributed by atoms with E-state index < -0.39 is 49.5 Å². The summed E-state index contributed by atoms with van der Waals surface area (Å²) >= 11 is 0. The van der Waals surface area contributed by atoms with Crippen molar-refractivity contribution >= 4 is 5.91 Å². The normalized spacial score (nSPS) is 22.1. The fourth-order valence-corrected chi connectivity index (χ4v) is 6.40. The van der Waals surface area contributed by atoms with Crippen LogP contribution in [0.15, 0.2) is 48.6 Å². The minimum atomic E-state index is -1.57. The zero-order chi connectivity index (χ0) is 38.8. The van der Waals surface area contributed by atoms with Gasteiger partial charge in [0.2, 0.25) is 5.91 Å². The first-order chi connectivity index (χ1) is 25.8. The molecule has 0 spiro atoms. The molecule has 0 saturated carbocycles. The first-order valence-electron chi connectivity index (χ1n) is 21.4. The van der Waals surface area contributed by atoms with E-state index in [2.05, 4.69) is 55.6 Å². The maximum absolute atomic E-state index is 12.9. The lowest BCUT2D eigenvalue weighted by atomic mass is 9.99. The molecule has 308 valence electrons. The molecule has 9 heteroatoms. The van der Waals surface area contributed by atoms with Crippen LogP contribution in [0.4, 0.5) is 0 Å². The Bertz CT molecular complexity index is 967. The first kappa shape index (κ1) is 49.2. The Morgan fingerprint density at radius 2 is 1.11 bits per heavy atom. The second-order valence-electron chi connectivity index (χ2n) is 14.8. The molecule has 7 unspecified atom stereocenters. The third-order valence-corrected chi connectivity index (χ3v) is 9.90. The Morgan fingerprint density at radius 1 is 0.642 bits per heavy atom. The van der Waals surface area contributed by atoms with Gasteiger partial charge in [-0.2, -0.15) is 0 Å². The number of rotatable bonds is 34. The number of carbonyl (C=O) groups is 1. The van der Waals surface area contributed by atoms with Crippen molar-refractivity contribution in [2.75, 3.05) is 13.2 Å². The van der Waals surface area contributed by atoms with Gasteiger partial charge in [-0.1, -0.05) is 152 Å². The van der Waals surface area contributed by atoms with Gasteiger partial charge in [0.05, 0.1) is 25.4 Å². The van der Waals surface area contributed by atoms with Crippen LogP contribution in [0.1, 0.15) is 168 Å². The summed E-state index contributed by atoms with van der Waals surface area (Å²) in [5.41, 5.74) is 0. The molecule has 9 nitrogen and oxygen atoms in total. The summed E-state index contributed by atoms with van der Waals surface area (Å²) in [5, 5.41) is 53.8. The zero-order valence-electron chi connectivity index (χ0n) is 33.5. The number of hydrogen-bond donors (Lipinski definition) is 6. The maximum atomic E-state index is 12.9. The molecule has 1 rings (SSSR count). The Balaban J connectivity index is 2.26. The van der Waals surface area contributed by atoms with Crippen molar-refractivity contribution in [2.45, 2.75) is 211 Å². The number of ether oxygens (including phenoxy) is 2.